The number of para-hydroxylation sites is 2. The van der Waals surface area contributed by atoms with Crippen molar-refractivity contribution < 1.29 is 0 Å². The molecule has 0 atom stereocenters. The van der Waals surface area contributed by atoms with Crippen molar-refractivity contribution in [2.75, 3.05) is 11.1 Å². The van der Waals surface area contributed by atoms with Gasteiger partial charge in [0.25, 0.3) is 0 Å². The molecule has 2 rings (SSSR count). The molecule has 2 aromatic rings. The second-order valence-corrected chi connectivity index (χ2v) is 5.88. The number of amidine groups is 1. The number of benzene rings is 2. The van der Waals surface area contributed by atoms with Crippen molar-refractivity contribution in [3.63, 3.8) is 0 Å². The van der Waals surface area contributed by atoms with Crippen molar-refractivity contribution in [3.05, 3.63) is 60.7 Å². The lowest BCUT2D eigenvalue weighted by atomic mass is 10.3. The summed E-state index contributed by atoms with van der Waals surface area (Å²) in [4.78, 5) is 4.72. The van der Waals surface area contributed by atoms with Gasteiger partial charge in [-0.05, 0) is 30.7 Å². The predicted octanol–water partition coefficient (Wildman–Crippen LogP) is 5.71. The zero-order chi connectivity index (χ0) is 14.8. The molecule has 3 heteroatoms. The van der Waals surface area contributed by atoms with Crippen LogP contribution in [0.4, 0.5) is 11.4 Å². The van der Waals surface area contributed by atoms with Gasteiger partial charge in [0, 0.05) is 11.4 Å². The molecule has 0 amide bonds. The second-order valence-electron chi connectivity index (χ2n) is 4.80. The van der Waals surface area contributed by atoms with E-state index in [1.165, 1.54) is 19.3 Å². The summed E-state index contributed by atoms with van der Waals surface area (Å²) in [6.45, 7) is 2.23. The minimum Gasteiger partial charge on any atom is -0.335 e. The summed E-state index contributed by atoms with van der Waals surface area (Å²) in [5.41, 5.74) is 2.06. The van der Waals surface area contributed by atoms with E-state index in [-0.39, 0.29) is 0 Å². The lowest BCUT2D eigenvalue weighted by Gasteiger charge is -2.09. The largest absolute Gasteiger partial charge is 0.335 e. The fourth-order valence-electron chi connectivity index (χ4n) is 1.88. The molecule has 0 aliphatic carbocycles. The van der Waals surface area contributed by atoms with Gasteiger partial charge in [-0.1, -0.05) is 67.9 Å². The number of nitrogens with zero attached hydrogens (tertiary/aromatic N) is 1. The first-order valence-electron chi connectivity index (χ1n) is 7.47. The Kier molecular flexibility index (Phi) is 6.89. The van der Waals surface area contributed by atoms with E-state index in [9.17, 15) is 0 Å². The molecule has 0 bridgehead atoms. The van der Waals surface area contributed by atoms with Gasteiger partial charge in [-0.15, -0.1) is 0 Å². The van der Waals surface area contributed by atoms with Crippen LogP contribution in [0, 0.1) is 0 Å². The fourth-order valence-corrected chi connectivity index (χ4v) is 2.78. The van der Waals surface area contributed by atoms with Gasteiger partial charge in [-0.3, -0.25) is 0 Å². The standard InChI is InChI=1S/C18H22N2S/c1-2-3-10-15-21-18(19-16-11-6-4-7-12-16)20-17-13-8-5-9-14-17/h4-9,11-14H,2-3,10,15H2,1H3,(H,19,20). The highest BCUT2D eigenvalue weighted by molar-refractivity contribution is 8.14. The Bertz CT molecular complexity index is 538. The van der Waals surface area contributed by atoms with Crippen LogP contribution in [0.5, 0.6) is 0 Å². The van der Waals surface area contributed by atoms with Crippen LogP contribution in [0.15, 0.2) is 65.7 Å². The number of hydrogen-bond donors (Lipinski definition) is 1. The van der Waals surface area contributed by atoms with E-state index >= 15 is 0 Å². The van der Waals surface area contributed by atoms with Crippen molar-refractivity contribution in [1.82, 2.24) is 0 Å². The number of nitrogens with one attached hydrogen (secondary N) is 1. The van der Waals surface area contributed by atoms with E-state index in [0.717, 1.165) is 22.3 Å². The third-order valence-corrected chi connectivity index (χ3v) is 3.96. The zero-order valence-corrected chi connectivity index (χ0v) is 13.3. The Morgan fingerprint density at radius 1 is 0.952 bits per heavy atom. The van der Waals surface area contributed by atoms with Gasteiger partial charge < -0.3 is 5.32 Å². The minimum atomic E-state index is 0.962. The lowest BCUT2D eigenvalue weighted by Crippen LogP contribution is -2.08. The Morgan fingerprint density at radius 2 is 1.62 bits per heavy atom. The number of hydrogen-bond acceptors (Lipinski definition) is 2. The summed E-state index contributed by atoms with van der Waals surface area (Å²) in [6, 6.07) is 20.3. The number of anilines is 1. The number of unbranched alkanes of at least 4 members (excludes halogenated alkanes) is 2. The molecule has 0 saturated carbocycles. The third-order valence-electron chi connectivity index (χ3n) is 3.00. The molecular weight excluding hydrogens is 276 g/mol. The summed E-state index contributed by atoms with van der Waals surface area (Å²) in [6.07, 6.45) is 3.75. The molecule has 0 saturated heterocycles. The molecule has 2 nitrogen and oxygen atoms in total. The number of thioether (sulfide) groups is 1. The van der Waals surface area contributed by atoms with E-state index < -0.39 is 0 Å². The summed E-state index contributed by atoms with van der Waals surface area (Å²) < 4.78 is 0. The summed E-state index contributed by atoms with van der Waals surface area (Å²) in [7, 11) is 0. The van der Waals surface area contributed by atoms with Crippen LogP contribution in [-0.4, -0.2) is 10.9 Å². The Morgan fingerprint density at radius 3 is 2.29 bits per heavy atom. The monoisotopic (exact) mass is 298 g/mol. The van der Waals surface area contributed by atoms with Crippen LogP contribution in [0.3, 0.4) is 0 Å². The molecule has 2 aromatic carbocycles. The first-order valence-corrected chi connectivity index (χ1v) is 8.45. The van der Waals surface area contributed by atoms with Gasteiger partial charge in [-0.25, -0.2) is 4.99 Å². The molecule has 0 spiro atoms. The number of rotatable bonds is 6. The van der Waals surface area contributed by atoms with Gasteiger partial charge in [0.05, 0.1) is 5.69 Å². The molecule has 0 radical (unpaired) electrons. The first kappa shape index (κ1) is 15.6. The third kappa shape index (κ3) is 6.05. The SMILES string of the molecule is CCCCCSC(=Nc1ccccc1)Nc1ccccc1. The fraction of sp³-hybridized carbons (Fsp3) is 0.278. The summed E-state index contributed by atoms with van der Waals surface area (Å²) in [5, 5.41) is 4.38. The molecule has 0 aliphatic heterocycles. The topological polar surface area (TPSA) is 24.4 Å². The minimum absolute atomic E-state index is 0.962. The summed E-state index contributed by atoms with van der Waals surface area (Å²) >= 11 is 1.79. The molecule has 0 aliphatic rings. The van der Waals surface area contributed by atoms with Gasteiger partial charge in [0.2, 0.25) is 0 Å². The average Bonchev–Trinajstić information content (AvgIpc) is 2.53. The molecule has 0 aromatic heterocycles. The van der Waals surface area contributed by atoms with E-state index in [1.807, 2.05) is 48.5 Å². The normalized spacial score (nSPS) is 11.4. The first-order chi connectivity index (χ1) is 10.4. The number of aliphatic imine (C=N–C) groups is 1. The van der Waals surface area contributed by atoms with Gasteiger partial charge in [0.15, 0.2) is 5.17 Å². The summed E-state index contributed by atoms with van der Waals surface area (Å²) in [5.74, 6) is 1.10. The van der Waals surface area contributed by atoms with Crippen molar-refractivity contribution in [1.29, 1.82) is 0 Å². The van der Waals surface area contributed by atoms with Gasteiger partial charge in [-0.2, -0.15) is 0 Å². The van der Waals surface area contributed by atoms with Crippen molar-refractivity contribution in [2.24, 2.45) is 4.99 Å². The van der Waals surface area contributed by atoms with E-state index in [4.69, 9.17) is 4.99 Å². The smallest absolute Gasteiger partial charge is 0.166 e. The van der Waals surface area contributed by atoms with Gasteiger partial charge in [0.1, 0.15) is 0 Å². The molecule has 21 heavy (non-hydrogen) atoms. The molecule has 0 fully saturated rings. The van der Waals surface area contributed by atoms with Crippen molar-refractivity contribution >= 4 is 28.3 Å². The van der Waals surface area contributed by atoms with E-state index in [1.54, 1.807) is 11.8 Å². The highest BCUT2D eigenvalue weighted by atomic mass is 32.2. The predicted molar refractivity (Wildman–Crippen MR) is 95.6 cm³/mol. The van der Waals surface area contributed by atoms with Crippen LogP contribution in [0.2, 0.25) is 0 Å². The van der Waals surface area contributed by atoms with Crippen molar-refractivity contribution in [2.45, 2.75) is 26.2 Å². The quantitative estimate of drug-likeness (QED) is 0.419. The van der Waals surface area contributed by atoms with Crippen LogP contribution >= 0.6 is 11.8 Å². The Balaban J connectivity index is 2.04. The highest BCUT2D eigenvalue weighted by Crippen LogP contribution is 2.18. The second kappa shape index (κ2) is 9.24. The maximum atomic E-state index is 4.72. The van der Waals surface area contributed by atoms with Crippen LogP contribution in [0.1, 0.15) is 26.2 Å². The Labute approximate surface area is 131 Å². The molecule has 110 valence electrons. The maximum Gasteiger partial charge on any atom is 0.166 e. The van der Waals surface area contributed by atoms with Crippen LogP contribution in [0.25, 0.3) is 0 Å². The van der Waals surface area contributed by atoms with Crippen LogP contribution < -0.4 is 5.32 Å². The molecule has 0 heterocycles. The molecular formula is C18H22N2S. The molecule has 1 N–H and O–H groups in total. The van der Waals surface area contributed by atoms with E-state index in [2.05, 4.69) is 24.4 Å². The van der Waals surface area contributed by atoms with Gasteiger partial charge >= 0.3 is 0 Å². The Hall–Kier alpha value is -1.74. The lowest BCUT2D eigenvalue weighted by molar-refractivity contribution is 0.779. The molecule has 0 unspecified atom stereocenters. The van der Waals surface area contributed by atoms with Crippen molar-refractivity contribution in [3.8, 4) is 0 Å². The highest BCUT2D eigenvalue weighted by Gasteiger charge is 2.02. The zero-order valence-electron chi connectivity index (χ0n) is 12.5. The maximum absolute atomic E-state index is 4.72. The van der Waals surface area contributed by atoms with E-state index in [0.29, 0.717) is 0 Å². The average molecular weight is 298 g/mol. The van der Waals surface area contributed by atoms with Crippen LogP contribution in [-0.2, 0) is 0 Å².